The van der Waals surface area contributed by atoms with Crippen molar-refractivity contribution in [1.82, 2.24) is 10.2 Å². The molecular weight excluding hydrogens is 405 g/mol. The monoisotopic (exact) mass is 427 g/mol. The largest absolute Gasteiger partial charge is 0.351 e. The summed E-state index contributed by atoms with van der Waals surface area (Å²) in [5.74, 6) is -0.869. The van der Waals surface area contributed by atoms with Crippen molar-refractivity contribution in [3.8, 4) is 0 Å². The van der Waals surface area contributed by atoms with E-state index in [1.54, 1.807) is 0 Å². The number of benzene rings is 2. The average Bonchev–Trinajstić information content (AvgIpc) is 2.67. The van der Waals surface area contributed by atoms with Crippen LogP contribution in [0.25, 0.3) is 0 Å². The van der Waals surface area contributed by atoms with Crippen LogP contribution < -0.4 is 10.0 Å². The molecule has 28 heavy (non-hydrogen) atoms. The molecule has 152 valence electrons. The van der Waals surface area contributed by atoms with E-state index in [2.05, 4.69) is 14.9 Å². The number of amides is 1. The minimum atomic E-state index is -4.05. The lowest BCUT2D eigenvalue weighted by molar-refractivity contribution is 0.0948. The van der Waals surface area contributed by atoms with Crippen LogP contribution in [0.2, 0.25) is 5.02 Å². The Hall–Kier alpha value is -2.16. The van der Waals surface area contributed by atoms with Gasteiger partial charge >= 0.3 is 0 Å². The topological polar surface area (TPSA) is 78.5 Å². The predicted molar refractivity (Wildman–Crippen MR) is 109 cm³/mol. The minimum absolute atomic E-state index is 0.0192. The Kier molecular flexibility index (Phi) is 7.79. The molecule has 0 saturated carbocycles. The molecule has 0 atom stereocenters. The fourth-order valence-electron chi connectivity index (χ4n) is 2.55. The van der Waals surface area contributed by atoms with Gasteiger partial charge in [0, 0.05) is 24.3 Å². The lowest BCUT2D eigenvalue weighted by Crippen LogP contribution is -2.34. The van der Waals surface area contributed by atoms with E-state index in [1.807, 2.05) is 13.8 Å². The molecule has 0 bridgehead atoms. The van der Waals surface area contributed by atoms with Gasteiger partial charge in [-0.15, -0.1) is 0 Å². The van der Waals surface area contributed by atoms with Crippen molar-refractivity contribution >= 4 is 33.2 Å². The van der Waals surface area contributed by atoms with Gasteiger partial charge in [-0.05, 0) is 55.6 Å². The van der Waals surface area contributed by atoms with Gasteiger partial charge in [-0.3, -0.25) is 9.52 Å². The van der Waals surface area contributed by atoms with Crippen LogP contribution in [-0.2, 0) is 10.0 Å². The molecule has 2 aromatic rings. The van der Waals surface area contributed by atoms with E-state index in [0.717, 1.165) is 25.2 Å². The number of carbonyl (C=O) groups is 1. The molecule has 0 aliphatic heterocycles. The quantitative estimate of drug-likeness (QED) is 0.643. The zero-order chi connectivity index (χ0) is 20.7. The summed E-state index contributed by atoms with van der Waals surface area (Å²) in [5.41, 5.74) is 0.370. The lowest BCUT2D eigenvalue weighted by atomic mass is 10.2. The molecule has 0 radical (unpaired) electrons. The summed E-state index contributed by atoms with van der Waals surface area (Å²) in [7, 11) is -4.05. The highest BCUT2D eigenvalue weighted by Gasteiger charge is 2.20. The van der Waals surface area contributed by atoms with Gasteiger partial charge in [-0.1, -0.05) is 25.4 Å². The van der Waals surface area contributed by atoms with Crippen molar-refractivity contribution in [2.24, 2.45) is 0 Å². The normalized spacial score (nSPS) is 11.5. The van der Waals surface area contributed by atoms with Crippen LogP contribution in [0.3, 0.4) is 0 Å². The van der Waals surface area contributed by atoms with E-state index < -0.39 is 15.8 Å². The maximum Gasteiger partial charge on any atom is 0.263 e. The zero-order valence-corrected chi connectivity index (χ0v) is 17.3. The number of nitrogens with zero attached hydrogens (tertiary/aromatic N) is 1. The number of rotatable bonds is 9. The number of hydrogen-bond donors (Lipinski definition) is 2. The van der Waals surface area contributed by atoms with Crippen molar-refractivity contribution < 1.29 is 17.6 Å². The van der Waals surface area contributed by atoms with Gasteiger partial charge in [0.1, 0.15) is 10.7 Å². The summed E-state index contributed by atoms with van der Waals surface area (Å²) in [5, 5.41) is 2.75. The fourth-order valence-corrected chi connectivity index (χ4v) is 4.13. The van der Waals surface area contributed by atoms with Crippen molar-refractivity contribution in [2.45, 2.75) is 18.7 Å². The number of sulfonamides is 1. The highest BCUT2D eigenvalue weighted by atomic mass is 35.5. The SMILES string of the molecule is CCN(CC)CCNC(=O)c1ccc(Cl)c(S(=O)(=O)Nc2ccc(F)cc2)c1. The smallest absolute Gasteiger partial charge is 0.263 e. The molecule has 9 heteroatoms. The maximum atomic E-state index is 13.0. The minimum Gasteiger partial charge on any atom is -0.351 e. The summed E-state index contributed by atoms with van der Waals surface area (Å²) in [6.45, 7) is 6.98. The summed E-state index contributed by atoms with van der Waals surface area (Å²) in [4.78, 5) is 14.3. The molecular formula is C19H23ClFN3O3S. The van der Waals surface area contributed by atoms with Crippen LogP contribution in [0, 0.1) is 5.82 Å². The summed E-state index contributed by atoms with van der Waals surface area (Å²) >= 11 is 6.04. The van der Waals surface area contributed by atoms with Crippen LogP contribution in [0.15, 0.2) is 47.4 Å². The Morgan fingerprint density at radius 1 is 1.11 bits per heavy atom. The number of likely N-dealkylation sites (N-methyl/N-ethyl adjacent to an activating group) is 1. The summed E-state index contributed by atoms with van der Waals surface area (Å²) in [6, 6.07) is 8.92. The van der Waals surface area contributed by atoms with Gasteiger partial charge < -0.3 is 10.2 Å². The van der Waals surface area contributed by atoms with Gasteiger partial charge in [-0.2, -0.15) is 0 Å². The van der Waals surface area contributed by atoms with Crippen LogP contribution >= 0.6 is 11.6 Å². The zero-order valence-electron chi connectivity index (χ0n) is 15.7. The Morgan fingerprint density at radius 3 is 2.36 bits per heavy atom. The number of nitrogens with one attached hydrogen (secondary N) is 2. The first kappa shape index (κ1) is 22.1. The van der Waals surface area contributed by atoms with Crippen LogP contribution in [-0.4, -0.2) is 45.4 Å². The molecule has 0 saturated heterocycles. The summed E-state index contributed by atoms with van der Waals surface area (Å²) < 4.78 is 40.6. The first-order valence-corrected chi connectivity index (χ1v) is 10.7. The number of halogens is 2. The average molecular weight is 428 g/mol. The van der Waals surface area contributed by atoms with Crippen molar-refractivity contribution in [2.75, 3.05) is 30.9 Å². The van der Waals surface area contributed by atoms with Gasteiger partial charge in [-0.25, -0.2) is 12.8 Å². The second-order valence-corrected chi connectivity index (χ2v) is 8.10. The van der Waals surface area contributed by atoms with E-state index >= 15 is 0 Å². The molecule has 2 aromatic carbocycles. The Balaban J connectivity index is 2.15. The third-order valence-electron chi connectivity index (χ3n) is 4.19. The van der Waals surface area contributed by atoms with E-state index in [4.69, 9.17) is 11.6 Å². The fraction of sp³-hybridized carbons (Fsp3) is 0.316. The van der Waals surface area contributed by atoms with Crippen LogP contribution in [0.4, 0.5) is 10.1 Å². The molecule has 6 nitrogen and oxygen atoms in total. The Labute approximate surface area is 169 Å². The van der Waals surface area contributed by atoms with E-state index in [9.17, 15) is 17.6 Å². The second kappa shape index (κ2) is 9.86. The highest BCUT2D eigenvalue weighted by Crippen LogP contribution is 2.25. The number of anilines is 1. The van der Waals surface area contributed by atoms with Crippen molar-refractivity contribution in [1.29, 1.82) is 0 Å². The second-order valence-electron chi connectivity index (χ2n) is 6.04. The Bertz CT molecular complexity index is 917. The van der Waals surface area contributed by atoms with Crippen LogP contribution in [0.5, 0.6) is 0 Å². The van der Waals surface area contributed by atoms with E-state index in [0.29, 0.717) is 13.1 Å². The molecule has 0 heterocycles. The third-order valence-corrected chi connectivity index (χ3v) is 6.05. The van der Waals surface area contributed by atoms with Gasteiger partial charge in [0.2, 0.25) is 0 Å². The molecule has 0 aliphatic carbocycles. The first-order chi connectivity index (χ1) is 13.3. The van der Waals surface area contributed by atoms with Crippen molar-refractivity contribution in [3.05, 3.63) is 58.9 Å². The molecule has 0 aliphatic rings. The molecule has 0 unspecified atom stereocenters. The first-order valence-electron chi connectivity index (χ1n) is 8.85. The van der Waals surface area contributed by atoms with Gasteiger partial charge in [0.15, 0.2) is 0 Å². The van der Waals surface area contributed by atoms with Gasteiger partial charge in [0.25, 0.3) is 15.9 Å². The van der Waals surface area contributed by atoms with E-state index in [1.165, 1.54) is 30.3 Å². The third kappa shape index (κ3) is 5.92. The summed E-state index contributed by atoms with van der Waals surface area (Å²) in [6.07, 6.45) is 0. The maximum absolute atomic E-state index is 13.0. The van der Waals surface area contributed by atoms with Crippen molar-refractivity contribution in [3.63, 3.8) is 0 Å². The lowest BCUT2D eigenvalue weighted by Gasteiger charge is -2.18. The van der Waals surface area contributed by atoms with Gasteiger partial charge in [0.05, 0.1) is 5.02 Å². The standard InChI is InChI=1S/C19H23ClFN3O3S/c1-3-24(4-2)12-11-22-19(25)14-5-10-17(20)18(13-14)28(26,27)23-16-8-6-15(21)7-9-16/h5-10,13,23H,3-4,11-12H2,1-2H3,(H,22,25). The number of hydrogen-bond acceptors (Lipinski definition) is 4. The molecule has 0 aromatic heterocycles. The van der Waals surface area contributed by atoms with E-state index in [-0.39, 0.29) is 27.1 Å². The molecule has 0 fully saturated rings. The molecule has 0 spiro atoms. The molecule has 1 amide bonds. The highest BCUT2D eigenvalue weighted by molar-refractivity contribution is 7.92. The Morgan fingerprint density at radius 2 is 1.75 bits per heavy atom. The number of carbonyl (C=O) groups excluding carboxylic acids is 1. The predicted octanol–water partition coefficient (Wildman–Crippen LogP) is 3.35. The molecule has 2 rings (SSSR count). The van der Waals surface area contributed by atoms with Crippen LogP contribution in [0.1, 0.15) is 24.2 Å². The molecule has 2 N–H and O–H groups in total.